The van der Waals surface area contributed by atoms with Gasteiger partial charge >= 0.3 is 0 Å². The number of benzene rings is 1. The molecule has 1 aromatic heterocycles. The molecule has 0 amide bonds. The SMILES string of the molecule is COc1ccc(-c2c3c(nn2C)CNC3)cc1. The summed E-state index contributed by atoms with van der Waals surface area (Å²) in [4.78, 5) is 0. The van der Waals surface area contributed by atoms with Crippen LogP contribution in [-0.2, 0) is 20.1 Å². The van der Waals surface area contributed by atoms with Gasteiger partial charge in [0.25, 0.3) is 0 Å². The van der Waals surface area contributed by atoms with Crippen LogP contribution in [0, 0.1) is 0 Å². The van der Waals surface area contributed by atoms with E-state index in [0.29, 0.717) is 0 Å². The molecule has 4 nitrogen and oxygen atoms in total. The lowest BCUT2D eigenvalue weighted by Gasteiger charge is -2.06. The van der Waals surface area contributed by atoms with Crippen LogP contribution in [0.25, 0.3) is 11.3 Å². The molecule has 4 heteroatoms. The highest BCUT2D eigenvalue weighted by molar-refractivity contribution is 5.66. The third kappa shape index (κ3) is 1.61. The summed E-state index contributed by atoms with van der Waals surface area (Å²) in [6.45, 7) is 1.78. The highest BCUT2D eigenvalue weighted by Gasteiger charge is 2.21. The number of nitrogens with zero attached hydrogens (tertiary/aromatic N) is 2. The number of rotatable bonds is 2. The van der Waals surface area contributed by atoms with Gasteiger partial charge in [-0.2, -0.15) is 5.10 Å². The molecule has 1 aliphatic heterocycles. The van der Waals surface area contributed by atoms with Crippen molar-refractivity contribution in [1.29, 1.82) is 0 Å². The van der Waals surface area contributed by atoms with Crippen molar-refractivity contribution in [2.24, 2.45) is 7.05 Å². The smallest absolute Gasteiger partial charge is 0.118 e. The fourth-order valence-electron chi connectivity index (χ4n) is 2.37. The van der Waals surface area contributed by atoms with Gasteiger partial charge in [-0.3, -0.25) is 4.68 Å². The van der Waals surface area contributed by atoms with Crippen LogP contribution < -0.4 is 10.1 Å². The van der Waals surface area contributed by atoms with Gasteiger partial charge < -0.3 is 10.1 Å². The van der Waals surface area contributed by atoms with E-state index in [2.05, 4.69) is 22.5 Å². The Bertz CT molecular complexity index is 543. The molecule has 0 saturated heterocycles. The van der Waals surface area contributed by atoms with E-state index in [-0.39, 0.29) is 0 Å². The highest BCUT2D eigenvalue weighted by Crippen LogP contribution is 2.29. The summed E-state index contributed by atoms with van der Waals surface area (Å²) in [5, 5.41) is 7.86. The van der Waals surface area contributed by atoms with Gasteiger partial charge in [-0.05, 0) is 24.3 Å². The molecule has 17 heavy (non-hydrogen) atoms. The van der Waals surface area contributed by atoms with Crippen LogP contribution in [-0.4, -0.2) is 16.9 Å². The molecule has 0 aliphatic carbocycles. The van der Waals surface area contributed by atoms with Gasteiger partial charge in [-0.15, -0.1) is 0 Å². The number of aryl methyl sites for hydroxylation is 1. The second-order valence-electron chi connectivity index (χ2n) is 4.23. The van der Waals surface area contributed by atoms with Gasteiger partial charge in [0.2, 0.25) is 0 Å². The van der Waals surface area contributed by atoms with E-state index in [9.17, 15) is 0 Å². The zero-order valence-electron chi connectivity index (χ0n) is 10.0. The number of ether oxygens (including phenoxy) is 1. The van der Waals surface area contributed by atoms with Crippen molar-refractivity contribution in [3.63, 3.8) is 0 Å². The van der Waals surface area contributed by atoms with E-state index >= 15 is 0 Å². The maximum Gasteiger partial charge on any atom is 0.118 e. The van der Waals surface area contributed by atoms with Crippen molar-refractivity contribution in [1.82, 2.24) is 15.1 Å². The fraction of sp³-hybridized carbons (Fsp3) is 0.308. The molecular formula is C13H15N3O. The Hall–Kier alpha value is -1.81. The van der Waals surface area contributed by atoms with Crippen LogP contribution in [0.15, 0.2) is 24.3 Å². The van der Waals surface area contributed by atoms with Crippen molar-refractivity contribution in [2.45, 2.75) is 13.1 Å². The Morgan fingerprint density at radius 1 is 1.24 bits per heavy atom. The Kier molecular flexibility index (Phi) is 2.37. The average molecular weight is 229 g/mol. The first-order valence-electron chi connectivity index (χ1n) is 5.69. The minimum absolute atomic E-state index is 0.874. The minimum atomic E-state index is 0.874. The molecule has 0 saturated carbocycles. The zero-order valence-corrected chi connectivity index (χ0v) is 10.0. The van der Waals surface area contributed by atoms with Crippen molar-refractivity contribution in [2.75, 3.05) is 7.11 Å². The Morgan fingerprint density at radius 3 is 2.71 bits per heavy atom. The van der Waals surface area contributed by atoms with Crippen molar-refractivity contribution in [3.05, 3.63) is 35.5 Å². The van der Waals surface area contributed by atoms with Gasteiger partial charge in [0, 0.05) is 31.3 Å². The van der Waals surface area contributed by atoms with Crippen LogP contribution in [0.1, 0.15) is 11.3 Å². The quantitative estimate of drug-likeness (QED) is 0.852. The van der Waals surface area contributed by atoms with Crippen molar-refractivity contribution >= 4 is 0 Å². The summed E-state index contributed by atoms with van der Waals surface area (Å²) >= 11 is 0. The summed E-state index contributed by atoms with van der Waals surface area (Å²) in [6.07, 6.45) is 0. The summed E-state index contributed by atoms with van der Waals surface area (Å²) in [7, 11) is 3.68. The predicted molar refractivity (Wildman–Crippen MR) is 65.7 cm³/mol. The predicted octanol–water partition coefficient (Wildman–Crippen LogP) is 1.70. The highest BCUT2D eigenvalue weighted by atomic mass is 16.5. The summed E-state index contributed by atoms with van der Waals surface area (Å²) in [5.41, 5.74) is 4.87. The molecule has 3 rings (SSSR count). The standard InChI is InChI=1S/C13H15N3O/c1-16-13(11-7-14-8-12(11)15-16)9-3-5-10(17-2)6-4-9/h3-6,14H,7-8H2,1-2H3. The van der Waals surface area contributed by atoms with E-state index in [1.165, 1.54) is 22.5 Å². The normalized spacial score (nSPS) is 13.8. The van der Waals surface area contributed by atoms with Crippen LogP contribution in [0.4, 0.5) is 0 Å². The largest absolute Gasteiger partial charge is 0.497 e. The van der Waals surface area contributed by atoms with Crippen LogP contribution in [0.2, 0.25) is 0 Å². The molecule has 0 fully saturated rings. The van der Waals surface area contributed by atoms with Gasteiger partial charge in [0.05, 0.1) is 18.5 Å². The Labute approximate surface area is 100 Å². The van der Waals surface area contributed by atoms with E-state index in [4.69, 9.17) is 4.74 Å². The fourth-order valence-corrected chi connectivity index (χ4v) is 2.37. The topological polar surface area (TPSA) is 39.1 Å². The van der Waals surface area contributed by atoms with E-state index in [1.54, 1.807) is 7.11 Å². The van der Waals surface area contributed by atoms with E-state index in [1.807, 2.05) is 23.9 Å². The summed E-state index contributed by atoms with van der Waals surface area (Å²) in [5.74, 6) is 0.880. The summed E-state index contributed by atoms with van der Waals surface area (Å²) in [6, 6.07) is 8.12. The summed E-state index contributed by atoms with van der Waals surface area (Å²) < 4.78 is 7.14. The molecule has 0 spiro atoms. The number of hydrogen-bond donors (Lipinski definition) is 1. The molecule has 0 radical (unpaired) electrons. The molecular weight excluding hydrogens is 214 g/mol. The lowest BCUT2D eigenvalue weighted by atomic mass is 10.1. The van der Waals surface area contributed by atoms with Crippen molar-refractivity contribution < 1.29 is 4.74 Å². The number of aromatic nitrogens is 2. The Balaban J connectivity index is 2.08. The third-order valence-corrected chi connectivity index (χ3v) is 3.19. The first kappa shape index (κ1) is 10.4. The maximum atomic E-state index is 5.17. The number of nitrogens with one attached hydrogen (secondary N) is 1. The molecule has 88 valence electrons. The van der Waals surface area contributed by atoms with Crippen LogP contribution in [0.5, 0.6) is 5.75 Å². The van der Waals surface area contributed by atoms with Gasteiger partial charge in [0.1, 0.15) is 5.75 Å². The second-order valence-corrected chi connectivity index (χ2v) is 4.23. The van der Waals surface area contributed by atoms with Crippen LogP contribution >= 0.6 is 0 Å². The molecule has 2 aromatic rings. The number of hydrogen-bond acceptors (Lipinski definition) is 3. The second kappa shape index (κ2) is 3.89. The molecule has 1 N–H and O–H groups in total. The van der Waals surface area contributed by atoms with Gasteiger partial charge in [-0.1, -0.05) is 0 Å². The molecule has 1 aliphatic rings. The maximum absolute atomic E-state index is 5.17. The molecule has 2 heterocycles. The van der Waals surface area contributed by atoms with Crippen molar-refractivity contribution in [3.8, 4) is 17.0 Å². The van der Waals surface area contributed by atoms with Crippen LogP contribution in [0.3, 0.4) is 0 Å². The molecule has 1 aromatic carbocycles. The lowest BCUT2D eigenvalue weighted by Crippen LogP contribution is -2.06. The van der Waals surface area contributed by atoms with Gasteiger partial charge in [-0.25, -0.2) is 0 Å². The Morgan fingerprint density at radius 2 is 2.00 bits per heavy atom. The number of methoxy groups -OCH3 is 1. The lowest BCUT2D eigenvalue weighted by molar-refractivity contribution is 0.415. The monoisotopic (exact) mass is 229 g/mol. The number of fused-ring (bicyclic) bond motifs is 1. The van der Waals surface area contributed by atoms with Gasteiger partial charge in [0.15, 0.2) is 0 Å². The minimum Gasteiger partial charge on any atom is -0.497 e. The zero-order chi connectivity index (χ0) is 11.8. The molecule has 0 atom stereocenters. The first-order chi connectivity index (χ1) is 8.29. The molecule has 0 bridgehead atoms. The van der Waals surface area contributed by atoms with E-state index in [0.717, 1.165) is 18.8 Å². The third-order valence-electron chi connectivity index (χ3n) is 3.19. The van der Waals surface area contributed by atoms with E-state index < -0.39 is 0 Å². The molecule has 0 unspecified atom stereocenters. The first-order valence-corrected chi connectivity index (χ1v) is 5.69. The average Bonchev–Trinajstić information content (AvgIpc) is 2.89.